The van der Waals surface area contributed by atoms with E-state index in [2.05, 4.69) is 52.9 Å². The molecule has 0 radical (unpaired) electrons. The van der Waals surface area contributed by atoms with Crippen molar-refractivity contribution in [3.63, 3.8) is 0 Å². The molecule has 0 amide bonds. The van der Waals surface area contributed by atoms with Crippen molar-refractivity contribution in [2.24, 2.45) is 0 Å². The monoisotopic (exact) mass is 382 g/mol. The number of aryl methyl sites for hydroxylation is 3. The van der Waals surface area contributed by atoms with Crippen LogP contribution in [0.4, 0.5) is 0 Å². The number of aromatic nitrogens is 3. The van der Waals surface area contributed by atoms with Crippen LogP contribution in [-0.2, 0) is 17.6 Å². The molecule has 1 fully saturated rings. The van der Waals surface area contributed by atoms with Crippen molar-refractivity contribution in [1.82, 2.24) is 20.0 Å². The van der Waals surface area contributed by atoms with Crippen LogP contribution in [0.5, 0.6) is 0 Å². The summed E-state index contributed by atoms with van der Waals surface area (Å²) < 4.78 is 17.1. The van der Waals surface area contributed by atoms with Crippen molar-refractivity contribution in [2.75, 3.05) is 19.7 Å². The van der Waals surface area contributed by atoms with Gasteiger partial charge in [-0.3, -0.25) is 4.90 Å². The standard InChI is InChI=1S/C21H26N4O3/c1-14(2)25-10-11-26-18(13-25)21-23-20(28-24-21)9-8-19-22-12-17(27-19)16-6-4-15(3)5-7-16/h4-7,12,14,18H,8-11,13H2,1-3H3/t18-/m1/s1. The number of oxazole rings is 1. The highest BCUT2D eigenvalue weighted by Gasteiger charge is 2.27. The first-order chi connectivity index (χ1) is 13.6. The number of ether oxygens (including phenoxy) is 1. The fourth-order valence-electron chi connectivity index (χ4n) is 3.29. The lowest BCUT2D eigenvalue weighted by molar-refractivity contribution is -0.0450. The summed E-state index contributed by atoms with van der Waals surface area (Å²) in [6.07, 6.45) is 2.82. The summed E-state index contributed by atoms with van der Waals surface area (Å²) >= 11 is 0. The highest BCUT2D eigenvalue weighted by Crippen LogP contribution is 2.23. The molecule has 0 unspecified atom stereocenters. The second-order valence-corrected chi connectivity index (χ2v) is 7.48. The third-order valence-electron chi connectivity index (χ3n) is 5.04. The van der Waals surface area contributed by atoms with E-state index < -0.39 is 0 Å². The van der Waals surface area contributed by atoms with Gasteiger partial charge >= 0.3 is 0 Å². The van der Waals surface area contributed by atoms with Crippen molar-refractivity contribution in [3.8, 4) is 11.3 Å². The minimum absolute atomic E-state index is 0.136. The summed E-state index contributed by atoms with van der Waals surface area (Å²) in [5.41, 5.74) is 2.24. The van der Waals surface area contributed by atoms with Gasteiger partial charge in [-0.05, 0) is 20.8 Å². The molecule has 1 aliphatic rings. The second-order valence-electron chi connectivity index (χ2n) is 7.48. The van der Waals surface area contributed by atoms with Crippen LogP contribution in [0, 0.1) is 6.92 Å². The van der Waals surface area contributed by atoms with E-state index in [1.807, 2.05) is 12.1 Å². The van der Waals surface area contributed by atoms with Crippen molar-refractivity contribution in [1.29, 1.82) is 0 Å². The quantitative estimate of drug-likeness (QED) is 0.644. The molecular formula is C21H26N4O3. The Bertz CT molecular complexity index is 901. The third-order valence-corrected chi connectivity index (χ3v) is 5.04. The molecule has 0 aliphatic carbocycles. The Morgan fingerprint density at radius 2 is 1.93 bits per heavy atom. The minimum Gasteiger partial charge on any atom is -0.441 e. The fraction of sp³-hybridized carbons (Fsp3) is 0.476. The largest absolute Gasteiger partial charge is 0.441 e. The Balaban J connectivity index is 1.35. The zero-order chi connectivity index (χ0) is 19.5. The lowest BCUT2D eigenvalue weighted by atomic mass is 10.1. The van der Waals surface area contributed by atoms with Crippen molar-refractivity contribution < 1.29 is 13.7 Å². The summed E-state index contributed by atoms with van der Waals surface area (Å²) in [7, 11) is 0. The van der Waals surface area contributed by atoms with Crippen molar-refractivity contribution in [2.45, 2.75) is 45.8 Å². The Hall–Kier alpha value is -2.51. The first-order valence-corrected chi connectivity index (χ1v) is 9.78. The van der Waals surface area contributed by atoms with Crippen LogP contribution < -0.4 is 0 Å². The predicted octanol–water partition coefficient (Wildman–Crippen LogP) is 3.60. The molecule has 28 heavy (non-hydrogen) atoms. The first kappa shape index (κ1) is 18.8. The van der Waals surface area contributed by atoms with Crippen LogP contribution in [-0.4, -0.2) is 45.8 Å². The number of benzene rings is 1. The highest BCUT2D eigenvalue weighted by molar-refractivity contribution is 5.56. The topological polar surface area (TPSA) is 77.4 Å². The molecule has 4 rings (SSSR count). The number of hydrogen-bond acceptors (Lipinski definition) is 7. The van der Waals surface area contributed by atoms with E-state index in [-0.39, 0.29) is 6.10 Å². The van der Waals surface area contributed by atoms with E-state index in [4.69, 9.17) is 13.7 Å². The molecule has 0 spiro atoms. The van der Waals surface area contributed by atoms with Gasteiger partial charge in [0.1, 0.15) is 6.10 Å². The van der Waals surface area contributed by atoms with Gasteiger partial charge in [0.15, 0.2) is 11.7 Å². The lowest BCUT2D eigenvalue weighted by Gasteiger charge is -2.34. The molecule has 1 saturated heterocycles. The summed E-state index contributed by atoms with van der Waals surface area (Å²) in [6, 6.07) is 8.67. The average Bonchev–Trinajstić information content (AvgIpc) is 3.37. The molecule has 1 aromatic carbocycles. The molecule has 148 valence electrons. The fourth-order valence-corrected chi connectivity index (χ4v) is 3.29. The summed E-state index contributed by atoms with van der Waals surface area (Å²) in [5, 5.41) is 4.12. The lowest BCUT2D eigenvalue weighted by Crippen LogP contribution is -2.42. The average molecular weight is 382 g/mol. The minimum atomic E-state index is -0.136. The number of rotatable bonds is 6. The normalized spacial score (nSPS) is 18.1. The van der Waals surface area contributed by atoms with Crippen LogP contribution in [0.1, 0.15) is 43.1 Å². The van der Waals surface area contributed by atoms with E-state index in [0.29, 0.717) is 43.1 Å². The molecule has 1 aliphatic heterocycles. The van der Waals surface area contributed by atoms with E-state index >= 15 is 0 Å². The number of morpholine rings is 1. The van der Waals surface area contributed by atoms with Gasteiger partial charge in [0.25, 0.3) is 0 Å². The van der Waals surface area contributed by atoms with Gasteiger partial charge in [-0.25, -0.2) is 4.98 Å². The van der Waals surface area contributed by atoms with Gasteiger partial charge in [0.2, 0.25) is 11.7 Å². The summed E-state index contributed by atoms with van der Waals surface area (Å²) in [4.78, 5) is 11.3. The highest BCUT2D eigenvalue weighted by atomic mass is 16.5. The zero-order valence-corrected chi connectivity index (χ0v) is 16.6. The van der Waals surface area contributed by atoms with Crippen LogP contribution in [0.25, 0.3) is 11.3 Å². The number of hydrogen-bond donors (Lipinski definition) is 0. The second kappa shape index (κ2) is 8.24. The van der Waals surface area contributed by atoms with Crippen molar-refractivity contribution >= 4 is 0 Å². The van der Waals surface area contributed by atoms with Crippen LogP contribution in [0.2, 0.25) is 0 Å². The van der Waals surface area contributed by atoms with Crippen LogP contribution in [0.3, 0.4) is 0 Å². The molecule has 0 bridgehead atoms. The summed E-state index contributed by atoms with van der Waals surface area (Å²) in [5.74, 6) is 2.63. The van der Waals surface area contributed by atoms with Gasteiger partial charge < -0.3 is 13.7 Å². The van der Waals surface area contributed by atoms with Gasteiger partial charge in [0, 0.05) is 37.5 Å². The maximum absolute atomic E-state index is 5.86. The maximum Gasteiger partial charge on any atom is 0.227 e. The molecule has 3 aromatic rings. The smallest absolute Gasteiger partial charge is 0.227 e. The third kappa shape index (κ3) is 4.31. The van der Waals surface area contributed by atoms with Crippen LogP contribution >= 0.6 is 0 Å². The first-order valence-electron chi connectivity index (χ1n) is 9.78. The molecule has 7 nitrogen and oxygen atoms in total. The molecule has 0 N–H and O–H groups in total. The maximum atomic E-state index is 5.86. The number of nitrogens with zero attached hydrogens (tertiary/aromatic N) is 4. The zero-order valence-electron chi connectivity index (χ0n) is 16.6. The molecule has 1 atom stereocenters. The molecule has 3 heterocycles. The molecule has 0 saturated carbocycles. The predicted molar refractivity (Wildman–Crippen MR) is 104 cm³/mol. The van der Waals surface area contributed by atoms with Crippen molar-refractivity contribution in [3.05, 3.63) is 53.6 Å². The van der Waals surface area contributed by atoms with Gasteiger partial charge in [-0.2, -0.15) is 4.98 Å². The Morgan fingerprint density at radius 1 is 1.14 bits per heavy atom. The Kier molecular flexibility index (Phi) is 5.54. The van der Waals surface area contributed by atoms with Gasteiger partial charge in [-0.1, -0.05) is 35.0 Å². The van der Waals surface area contributed by atoms with Gasteiger partial charge in [-0.15, -0.1) is 0 Å². The SMILES string of the molecule is Cc1ccc(-c2cnc(CCc3nc([C@H]4CN(C(C)C)CCO4)no3)o2)cc1. The Labute approximate surface area is 164 Å². The van der Waals surface area contributed by atoms with E-state index in [9.17, 15) is 0 Å². The van der Waals surface area contributed by atoms with E-state index in [1.165, 1.54) is 5.56 Å². The molecule has 2 aromatic heterocycles. The van der Waals surface area contributed by atoms with E-state index in [0.717, 1.165) is 24.4 Å². The van der Waals surface area contributed by atoms with E-state index in [1.54, 1.807) is 6.20 Å². The summed E-state index contributed by atoms with van der Waals surface area (Å²) in [6.45, 7) is 8.84. The molecule has 7 heteroatoms. The molecular weight excluding hydrogens is 356 g/mol. The van der Waals surface area contributed by atoms with Crippen LogP contribution in [0.15, 0.2) is 39.4 Å². The van der Waals surface area contributed by atoms with Gasteiger partial charge in [0.05, 0.1) is 12.8 Å². The Morgan fingerprint density at radius 3 is 2.71 bits per heavy atom.